The summed E-state index contributed by atoms with van der Waals surface area (Å²) >= 11 is 12.4. The summed E-state index contributed by atoms with van der Waals surface area (Å²) in [4.78, 5) is 96.4. The number of likely N-dealkylation sites (N-methyl/N-ethyl adjacent to an activating group) is 6. The number of amides is 12. The summed E-state index contributed by atoms with van der Waals surface area (Å²) < 4.78 is 65.8. The fourth-order valence-corrected chi connectivity index (χ4v) is 13.8. The molecule has 6 aliphatic rings. The van der Waals surface area contributed by atoms with E-state index in [0.717, 1.165) is 212 Å². The number of rotatable bonds is 19. The summed E-state index contributed by atoms with van der Waals surface area (Å²) in [6.45, 7) is 24.3. The first-order chi connectivity index (χ1) is 59.7. The number of nitrogens with zero attached hydrogens (tertiary/aromatic N) is 12. The van der Waals surface area contributed by atoms with Crippen LogP contribution in [0, 0.1) is 6.92 Å². The Morgan fingerprint density at radius 3 is 1.13 bits per heavy atom. The maximum atomic E-state index is 12.8. The molecule has 6 fully saturated rings. The normalized spacial score (nSPS) is 16.0. The van der Waals surface area contributed by atoms with Gasteiger partial charge in [0.1, 0.15) is 41.1 Å². The first-order valence-corrected chi connectivity index (χ1v) is 42.6. The number of ether oxygens (including phenoxy) is 5. The summed E-state index contributed by atoms with van der Waals surface area (Å²) in [5.74, 6) is 4.51. The number of urea groups is 6. The van der Waals surface area contributed by atoms with Crippen LogP contribution in [0.4, 0.5) is 41.9 Å². The molecule has 7 aromatic carbocycles. The van der Waals surface area contributed by atoms with Crippen LogP contribution in [0.5, 0.6) is 34.5 Å². The molecule has 0 aromatic heterocycles. The van der Waals surface area contributed by atoms with Gasteiger partial charge >= 0.3 is 42.4 Å². The predicted octanol–water partition coefficient (Wildman–Crippen LogP) is 11.2. The summed E-state index contributed by atoms with van der Waals surface area (Å²) in [5.41, 5.74) is 4.12. The fourth-order valence-electron chi connectivity index (χ4n) is 13.4. The molecule has 6 heterocycles. The molecule has 0 bridgehead atoms. The maximum Gasteiger partial charge on any atom is 0.416 e. The molecule has 124 heavy (non-hydrogen) atoms. The predicted molar refractivity (Wildman–Crippen MR) is 479 cm³/mol. The Kier molecular flexibility index (Phi) is 41.5. The van der Waals surface area contributed by atoms with Gasteiger partial charge in [0.05, 0.1) is 33.4 Å². The molecule has 12 amide bonds. The zero-order valence-electron chi connectivity index (χ0n) is 73.3. The largest absolute Gasteiger partial charge is 0.497 e. The first-order valence-electron chi connectivity index (χ1n) is 41.9. The van der Waals surface area contributed by atoms with Crippen molar-refractivity contribution in [1.29, 1.82) is 0 Å². The van der Waals surface area contributed by atoms with Crippen LogP contribution in [-0.4, -0.2) is 329 Å². The molecule has 0 aliphatic carbocycles. The SMILES string of the molecule is CN1CCN(C(=O)NCCOc2ccccc2)CC1.CN1CCN(C(=O)NCc2c(Cl)cccc2Oc2ccccc2)CC1.CN1CCN(C(=O)NCc2ccccc2C(F)(F)F)CC1.COc1ccc(OC)c(CNC(=O)N2CCN(C)CC2)c1.COc1ccccc1CNC(=O)N1CCN(C)CC1.Cc1ccc(CNC(=O)N2CCN(C)CC2)cc1Cl. The topological polar surface area (TPSA) is 260 Å². The van der Waals surface area contributed by atoms with Crippen molar-refractivity contribution in [2.45, 2.75) is 45.8 Å². The highest BCUT2D eigenvalue weighted by atomic mass is 35.5. The van der Waals surface area contributed by atoms with Gasteiger partial charge in [-0.15, -0.1) is 0 Å². The molecule has 7 aromatic rings. The van der Waals surface area contributed by atoms with E-state index in [9.17, 15) is 41.9 Å². The monoisotopic (exact) mass is 1760 g/mol. The van der Waals surface area contributed by atoms with Gasteiger partial charge in [-0.3, -0.25) is 0 Å². The highest BCUT2D eigenvalue weighted by Gasteiger charge is 2.34. The number of piperazine rings is 6. The average molecular weight is 1760 g/mol. The molecule has 0 atom stereocenters. The molecule has 0 spiro atoms. The first kappa shape index (κ1) is 98.7. The lowest BCUT2D eigenvalue weighted by atomic mass is 10.1. The number of hydrogen-bond donors (Lipinski definition) is 6. The van der Waals surface area contributed by atoms with Crippen LogP contribution in [-0.2, 0) is 38.9 Å². The van der Waals surface area contributed by atoms with Gasteiger partial charge < -0.3 is 114 Å². The summed E-state index contributed by atoms with van der Waals surface area (Å²) in [5, 5.41) is 18.5. The second-order valence-corrected chi connectivity index (χ2v) is 31.6. The fraction of sp³-hybridized carbons (Fsp3) is 0.467. The molecule has 6 saturated heterocycles. The molecule has 0 radical (unpaired) electrons. The number of para-hydroxylation sites is 3. The number of methoxy groups -OCH3 is 3. The molecule has 0 unspecified atom stereocenters. The molecule has 6 aliphatic heterocycles. The van der Waals surface area contributed by atoms with Crippen molar-refractivity contribution in [3.8, 4) is 34.5 Å². The van der Waals surface area contributed by atoms with Crippen molar-refractivity contribution in [2.75, 3.05) is 234 Å². The second kappa shape index (κ2) is 52.2. The Hall–Kier alpha value is -10.7. The van der Waals surface area contributed by atoms with Crippen molar-refractivity contribution >= 4 is 59.4 Å². The Bertz CT molecular complexity index is 4400. The minimum Gasteiger partial charge on any atom is -0.497 e. The molecule has 13 rings (SSSR count). The van der Waals surface area contributed by atoms with Gasteiger partial charge in [0.2, 0.25) is 0 Å². The van der Waals surface area contributed by atoms with E-state index in [1.54, 1.807) is 32.3 Å². The number of carbonyl (C=O) groups is 6. The Morgan fingerprint density at radius 1 is 0.339 bits per heavy atom. The van der Waals surface area contributed by atoms with Crippen molar-refractivity contribution in [1.82, 2.24) is 90.7 Å². The quantitative estimate of drug-likeness (QED) is 0.0411. The number of alkyl halides is 3. The van der Waals surface area contributed by atoms with Crippen LogP contribution in [0.15, 0.2) is 164 Å². The van der Waals surface area contributed by atoms with Gasteiger partial charge in [-0.05, 0) is 139 Å². The average Bonchev–Trinajstić information content (AvgIpc) is 0.829. The van der Waals surface area contributed by atoms with Crippen molar-refractivity contribution in [2.24, 2.45) is 0 Å². The smallest absolute Gasteiger partial charge is 0.416 e. The number of hydrogen-bond acceptors (Lipinski definition) is 17. The lowest BCUT2D eigenvalue weighted by Crippen LogP contribution is -2.51. The highest BCUT2D eigenvalue weighted by Crippen LogP contribution is 2.33. The molecule has 34 heteroatoms. The molecule has 676 valence electrons. The van der Waals surface area contributed by atoms with Gasteiger partial charge in [0.25, 0.3) is 0 Å². The maximum absolute atomic E-state index is 12.8. The van der Waals surface area contributed by atoms with E-state index in [1.165, 1.54) is 18.2 Å². The number of benzene rings is 7. The van der Waals surface area contributed by atoms with E-state index in [2.05, 4.69) is 96.5 Å². The van der Waals surface area contributed by atoms with Crippen LogP contribution in [0.1, 0.15) is 38.9 Å². The van der Waals surface area contributed by atoms with Gasteiger partial charge in [0.15, 0.2) is 0 Å². The third kappa shape index (κ3) is 34.1. The van der Waals surface area contributed by atoms with E-state index in [-0.39, 0.29) is 48.3 Å². The van der Waals surface area contributed by atoms with E-state index < -0.39 is 11.7 Å². The van der Waals surface area contributed by atoms with Gasteiger partial charge in [0, 0.05) is 217 Å². The van der Waals surface area contributed by atoms with Crippen molar-refractivity contribution in [3.63, 3.8) is 0 Å². The van der Waals surface area contributed by atoms with Crippen LogP contribution in [0.25, 0.3) is 0 Å². The van der Waals surface area contributed by atoms with Crippen molar-refractivity contribution < 1.29 is 65.6 Å². The number of aryl methyl sites for hydroxylation is 1. The van der Waals surface area contributed by atoms with Crippen molar-refractivity contribution in [3.05, 3.63) is 213 Å². The second-order valence-electron chi connectivity index (χ2n) is 30.8. The molecule has 29 nitrogen and oxygen atoms in total. The van der Waals surface area contributed by atoms with Crippen LogP contribution >= 0.6 is 23.2 Å². The Balaban J connectivity index is 0.000000185. The minimum absolute atomic E-state index is 0.000920. The summed E-state index contributed by atoms with van der Waals surface area (Å²) in [6, 6.07) is 48.7. The Labute approximate surface area is 738 Å². The molecule has 0 saturated carbocycles. The summed E-state index contributed by atoms with van der Waals surface area (Å²) in [7, 11) is 17.2. The number of carbonyl (C=O) groups excluding carboxylic acids is 6. The third-order valence-electron chi connectivity index (χ3n) is 21.6. The third-order valence-corrected chi connectivity index (χ3v) is 22.3. The highest BCUT2D eigenvalue weighted by molar-refractivity contribution is 6.31. The van der Waals surface area contributed by atoms with E-state index in [1.807, 2.05) is 172 Å². The van der Waals surface area contributed by atoms with E-state index >= 15 is 0 Å². The summed E-state index contributed by atoms with van der Waals surface area (Å²) in [6.07, 6.45) is -4.41. The van der Waals surface area contributed by atoms with E-state index in [0.29, 0.717) is 63.2 Å². The molecular weight excluding hydrogens is 1640 g/mol. The zero-order chi connectivity index (χ0) is 89.3. The molecular formula is C90H125Cl2F3N18O11. The number of halogens is 5. The van der Waals surface area contributed by atoms with Gasteiger partial charge in [-0.25, -0.2) is 28.8 Å². The zero-order valence-corrected chi connectivity index (χ0v) is 74.8. The van der Waals surface area contributed by atoms with Gasteiger partial charge in [-0.2, -0.15) is 13.2 Å². The van der Waals surface area contributed by atoms with E-state index in [4.69, 9.17) is 46.9 Å². The lowest BCUT2D eigenvalue weighted by molar-refractivity contribution is -0.138. The van der Waals surface area contributed by atoms with Crippen LogP contribution in [0.3, 0.4) is 0 Å². The van der Waals surface area contributed by atoms with Crippen LogP contribution < -0.4 is 55.6 Å². The van der Waals surface area contributed by atoms with Crippen LogP contribution in [0.2, 0.25) is 10.0 Å². The lowest BCUT2D eigenvalue weighted by Gasteiger charge is -2.32. The molecule has 6 N–H and O–H groups in total. The van der Waals surface area contributed by atoms with Gasteiger partial charge in [-0.1, -0.05) is 114 Å². The number of nitrogens with one attached hydrogen (secondary N) is 6. The standard InChI is InChI=1S/C19H22ClN3O2.C15H23N3O3.C14H20ClN3O.C14H18F3N3O.2C14H21N3O2/c1-22-10-12-23(13-11-22)19(24)21-14-16-17(20)8-5-9-18(16)25-15-6-3-2-4-7-15;1-17-6-8-18(9-7-17)15(19)16-11-12-10-13(20-2)4-5-14(12)21-3;1-11-3-4-12(9-13(11)15)10-16-14(19)18-7-5-17(2)6-8-18;1-19-6-8-20(9-7-19)13(21)18-10-11-4-2-3-5-12(11)14(15,16)17;1-16-7-9-17(10-8-16)14(18)15-11-12-5-3-4-6-13(12)19-2;1-16-8-10-17(11-9-16)14(18)15-7-12-19-13-5-3-2-4-6-13/h2-9H,10-14H2,1H3,(H,21,24);4-5,10H,6-9,11H2,1-3H3,(H,16,19);3-4,9H,5-8,10H2,1-2H3,(H,16,19);2-5H,6-10H2,1H3,(H,18,21);3-6H,7-11H2,1-2H3,(H,15,18);2-6H,7-12H2,1H3,(H,15,18). The Morgan fingerprint density at radius 2 is 0.702 bits per heavy atom. The minimum atomic E-state index is -4.41.